The van der Waals surface area contributed by atoms with Crippen molar-refractivity contribution in [2.45, 2.75) is 19.4 Å². The van der Waals surface area contributed by atoms with Crippen molar-refractivity contribution in [3.63, 3.8) is 0 Å². The molecule has 3 N–H and O–H groups in total. The van der Waals surface area contributed by atoms with Gasteiger partial charge in [-0.15, -0.1) is 0 Å². The second-order valence-electron chi connectivity index (χ2n) is 4.02. The molecule has 1 atom stereocenters. The SMILES string of the molecule is Cc1cc(N2CC(O)CC2=O)c(N)cc1Br. The van der Waals surface area contributed by atoms with Crippen molar-refractivity contribution < 1.29 is 9.90 Å². The topological polar surface area (TPSA) is 66.6 Å². The number of carbonyl (C=O) groups is 1. The first-order chi connectivity index (χ1) is 7.49. The maximum absolute atomic E-state index is 11.6. The third kappa shape index (κ3) is 1.92. The molecular weight excluding hydrogens is 272 g/mol. The first-order valence-electron chi connectivity index (χ1n) is 5.03. The Morgan fingerprint density at radius 3 is 2.81 bits per heavy atom. The van der Waals surface area contributed by atoms with Crippen LogP contribution in [0.4, 0.5) is 11.4 Å². The molecule has 1 saturated heterocycles. The van der Waals surface area contributed by atoms with E-state index in [0.29, 0.717) is 17.9 Å². The molecule has 2 rings (SSSR count). The van der Waals surface area contributed by atoms with E-state index >= 15 is 0 Å². The molecule has 86 valence electrons. The van der Waals surface area contributed by atoms with Crippen molar-refractivity contribution in [3.05, 3.63) is 22.2 Å². The average molecular weight is 285 g/mol. The summed E-state index contributed by atoms with van der Waals surface area (Å²) in [7, 11) is 0. The van der Waals surface area contributed by atoms with Gasteiger partial charge in [0.05, 0.1) is 30.4 Å². The number of aliphatic hydroxyl groups excluding tert-OH is 1. The lowest BCUT2D eigenvalue weighted by Gasteiger charge is -2.19. The first-order valence-corrected chi connectivity index (χ1v) is 5.82. The molecular formula is C11H13BrN2O2. The van der Waals surface area contributed by atoms with Crippen LogP contribution in [0.1, 0.15) is 12.0 Å². The van der Waals surface area contributed by atoms with Gasteiger partial charge in [-0.25, -0.2) is 0 Å². The summed E-state index contributed by atoms with van der Waals surface area (Å²) in [5.74, 6) is -0.0825. The molecule has 4 nitrogen and oxygen atoms in total. The highest BCUT2D eigenvalue weighted by atomic mass is 79.9. The highest BCUT2D eigenvalue weighted by Gasteiger charge is 2.30. The predicted molar refractivity (Wildman–Crippen MR) is 66.3 cm³/mol. The molecule has 1 heterocycles. The van der Waals surface area contributed by atoms with Crippen LogP contribution in [0.25, 0.3) is 0 Å². The van der Waals surface area contributed by atoms with Crippen molar-refractivity contribution in [3.8, 4) is 0 Å². The number of hydrogen-bond acceptors (Lipinski definition) is 3. The van der Waals surface area contributed by atoms with Gasteiger partial charge >= 0.3 is 0 Å². The van der Waals surface area contributed by atoms with Gasteiger partial charge in [-0.2, -0.15) is 0 Å². The molecule has 0 spiro atoms. The van der Waals surface area contributed by atoms with Crippen LogP contribution >= 0.6 is 15.9 Å². The summed E-state index contributed by atoms with van der Waals surface area (Å²) in [6.07, 6.45) is -0.412. The zero-order chi connectivity index (χ0) is 11.9. The average Bonchev–Trinajstić information content (AvgIpc) is 2.51. The number of aliphatic hydroxyl groups is 1. The number of aryl methyl sites for hydroxylation is 1. The molecule has 1 aromatic carbocycles. The highest BCUT2D eigenvalue weighted by Crippen LogP contribution is 2.32. The van der Waals surface area contributed by atoms with E-state index in [1.807, 2.05) is 13.0 Å². The molecule has 0 radical (unpaired) electrons. The van der Waals surface area contributed by atoms with E-state index in [1.165, 1.54) is 0 Å². The fourth-order valence-corrected chi connectivity index (χ4v) is 2.20. The maximum atomic E-state index is 11.6. The van der Waals surface area contributed by atoms with Gasteiger partial charge in [0, 0.05) is 4.47 Å². The Bertz CT molecular complexity index is 448. The minimum absolute atomic E-state index is 0.0825. The smallest absolute Gasteiger partial charge is 0.229 e. The van der Waals surface area contributed by atoms with Gasteiger partial charge in [-0.3, -0.25) is 4.79 Å². The lowest BCUT2D eigenvalue weighted by molar-refractivity contribution is -0.117. The number of amides is 1. The first kappa shape index (κ1) is 11.4. The fraction of sp³-hybridized carbons (Fsp3) is 0.364. The van der Waals surface area contributed by atoms with Crippen molar-refractivity contribution >= 4 is 33.2 Å². The highest BCUT2D eigenvalue weighted by molar-refractivity contribution is 9.10. The van der Waals surface area contributed by atoms with Gasteiger partial charge in [0.2, 0.25) is 5.91 Å². The van der Waals surface area contributed by atoms with Crippen LogP contribution < -0.4 is 10.6 Å². The van der Waals surface area contributed by atoms with Gasteiger partial charge < -0.3 is 15.7 Å². The van der Waals surface area contributed by atoms with Crippen LogP contribution in [0.5, 0.6) is 0 Å². The molecule has 1 aliphatic heterocycles. The minimum Gasteiger partial charge on any atom is -0.397 e. The maximum Gasteiger partial charge on any atom is 0.229 e. The van der Waals surface area contributed by atoms with Crippen LogP contribution in [0.2, 0.25) is 0 Å². The van der Waals surface area contributed by atoms with E-state index in [4.69, 9.17) is 5.73 Å². The van der Waals surface area contributed by atoms with Gasteiger partial charge in [0.1, 0.15) is 0 Å². The van der Waals surface area contributed by atoms with Gasteiger partial charge in [0.25, 0.3) is 0 Å². The summed E-state index contributed by atoms with van der Waals surface area (Å²) in [4.78, 5) is 13.2. The number of carbonyl (C=O) groups excluding carboxylic acids is 1. The van der Waals surface area contributed by atoms with E-state index < -0.39 is 6.10 Å². The van der Waals surface area contributed by atoms with Crippen LogP contribution in [-0.4, -0.2) is 23.7 Å². The summed E-state index contributed by atoms with van der Waals surface area (Å²) in [5, 5.41) is 9.43. The number of anilines is 2. The van der Waals surface area contributed by atoms with E-state index in [-0.39, 0.29) is 12.3 Å². The van der Waals surface area contributed by atoms with Crippen LogP contribution in [-0.2, 0) is 4.79 Å². The van der Waals surface area contributed by atoms with Crippen LogP contribution in [0.3, 0.4) is 0 Å². The zero-order valence-electron chi connectivity index (χ0n) is 8.90. The number of benzene rings is 1. The molecule has 16 heavy (non-hydrogen) atoms. The summed E-state index contributed by atoms with van der Waals surface area (Å²) >= 11 is 3.38. The number of β-amino-alcohol motifs (C(OH)–C–C–N with tert-alkyl or cyclic N) is 1. The second kappa shape index (κ2) is 4.07. The summed E-state index contributed by atoms with van der Waals surface area (Å²) in [5.41, 5.74) is 8.11. The Labute approximate surface area is 102 Å². The number of rotatable bonds is 1. The Morgan fingerprint density at radius 2 is 2.25 bits per heavy atom. The number of nitrogen functional groups attached to an aromatic ring is 1. The molecule has 0 aliphatic carbocycles. The Hall–Kier alpha value is -1.07. The molecule has 0 saturated carbocycles. The summed E-state index contributed by atoms with van der Waals surface area (Å²) in [6.45, 7) is 2.26. The number of nitrogens with two attached hydrogens (primary N) is 1. The quantitative estimate of drug-likeness (QED) is 0.767. The molecule has 1 aliphatic rings. The van der Waals surface area contributed by atoms with Crippen molar-refractivity contribution in [1.82, 2.24) is 0 Å². The van der Waals surface area contributed by atoms with Gasteiger partial charge in [0.15, 0.2) is 0 Å². The Kier molecular flexibility index (Phi) is 2.90. The third-order valence-corrected chi connectivity index (χ3v) is 3.56. The third-order valence-electron chi connectivity index (χ3n) is 2.70. The molecule has 0 aromatic heterocycles. The molecule has 1 unspecified atom stereocenters. The monoisotopic (exact) mass is 284 g/mol. The Morgan fingerprint density at radius 1 is 1.56 bits per heavy atom. The van der Waals surface area contributed by atoms with Gasteiger partial charge in [-0.1, -0.05) is 15.9 Å². The molecule has 1 amide bonds. The normalized spacial score (nSPS) is 20.6. The van der Waals surface area contributed by atoms with E-state index in [1.54, 1.807) is 11.0 Å². The summed E-state index contributed by atoms with van der Waals surface area (Å²) in [6, 6.07) is 3.64. The van der Waals surface area contributed by atoms with E-state index in [0.717, 1.165) is 10.0 Å². The van der Waals surface area contributed by atoms with Crippen LogP contribution in [0.15, 0.2) is 16.6 Å². The minimum atomic E-state index is -0.587. The van der Waals surface area contributed by atoms with Crippen molar-refractivity contribution in [2.24, 2.45) is 0 Å². The molecule has 1 fully saturated rings. The largest absolute Gasteiger partial charge is 0.397 e. The summed E-state index contributed by atoms with van der Waals surface area (Å²) < 4.78 is 0.918. The van der Waals surface area contributed by atoms with Crippen molar-refractivity contribution in [1.29, 1.82) is 0 Å². The zero-order valence-corrected chi connectivity index (χ0v) is 10.5. The van der Waals surface area contributed by atoms with Gasteiger partial charge in [-0.05, 0) is 24.6 Å². The van der Waals surface area contributed by atoms with Crippen molar-refractivity contribution in [2.75, 3.05) is 17.2 Å². The van der Waals surface area contributed by atoms with Crippen LogP contribution in [0, 0.1) is 6.92 Å². The molecule has 1 aromatic rings. The fourth-order valence-electron chi connectivity index (χ4n) is 1.84. The molecule has 5 heteroatoms. The predicted octanol–water partition coefficient (Wildman–Crippen LogP) is 1.44. The second-order valence-corrected chi connectivity index (χ2v) is 4.88. The number of hydrogen-bond donors (Lipinski definition) is 2. The number of nitrogens with zero attached hydrogens (tertiary/aromatic N) is 1. The Balaban J connectivity index is 2.41. The standard InChI is InChI=1S/C11H13BrN2O2/c1-6-2-10(9(13)4-8(6)12)14-5-7(15)3-11(14)16/h2,4,7,15H,3,5,13H2,1H3. The lowest BCUT2D eigenvalue weighted by Crippen LogP contribution is -2.26. The molecule has 0 bridgehead atoms. The lowest BCUT2D eigenvalue weighted by atomic mass is 10.2. The van der Waals surface area contributed by atoms with E-state index in [9.17, 15) is 9.90 Å². The van der Waals surface area contributed by atoms with E-state index in [2.05, 4.69) is 15.9 Å². The number of halogens is 1.